The summed E-state index contributed by atoms with van der Waals surface area (Å²) >= 11 is 5.79. The average molecular weight is 279 g/mol. The number of amides is 1. The molecule has 1 fully saturated rings. The first-order valence-electron chi connectivity index (χ1n) is 6.81. The van der Waals surface area contributed by atoms with E-state index >= 15 is 0 Å². The highest BCUT2D eigenvalue weighted by Crippen LogP contribution is 2.28. The van der Waals surface area contributed by atoms with Crippen molar-refractivity contribution in [1.82, 2.24) is 5.43 Å². The maximum absolute atomic E-state index is 11.6. The second kappa shape index (κ2) is 7.29. The van der Waals surface area contributed by atoms with Crippen molar-refractivity contribution < 1.29 is 4.79 Å². The molecular weight excluding hydrogens is 260 g/mol. The molecule has 0 spiro atoms. The molecular formula is C15H19ClN2O. The maximum Gasteiger partial charge on any atom is 0.240 e. The Bertz CT molecular complexity index is 436. The van der Waals surface area contributed by atoms with Gasteiger partial charge in [-0.1, -0.05) is 49.4 Å². The van der Waals surface area contributed by atoms with E-state index in [4.69, 9.17) is 11.6 Å². The van der Waals surface area contributed by atoms with Crippen molar-refractivity contribution in [2.45, 2.75) is 38.5 Å². The highest BCUT2D eigenvalue weighted by atomic mass is 35.5. The fourth-order valence-electron chi connectivity index (χ4n) is 2.42. The van der Waals surface area contributed by atoms with Crippen LogP contribution in [0.5, 0.6) is 0 Å². The van der Waals surface area contributed by atoms with Crippen molar-refractivity contribution in [3.8, 4) is 0 Å². The summed E-state index contributed by atoms with van der Waals surface area (Å²) in [7, 11) is 0. The van der Waals surface area contributed by atoms with Crippen molar-refractivity contribution in [2.75, 3.05) is 0 Å². The van der Waals surface area contributed by atoms with Crippen LogP contribution in [-0.2, 0) is 4.79 Å². The number of carbonyl (C=O) groups is 1. The Morgan fingerprint density at radius 2 is 2.00 bits per heavy atom. The average Bonchev–Trinajstić information content (AvgIpc) is 2.92. The number of carbonyl (C=O) groups excluding carboxylic acids is 1. The number of hydrogen-bond donors (Lipinski definition) is 1. The molecule has 0 unspecified atom stereocenters. The predicted molar refractivity (Wildman–Crippen MR) is 78.4 cm³/mol. The number of halogens is 1. The van der Waals surface area contributed by atoms with Gasteiger partial charge >= 0.3 is 0 Å². The van der Waals surface area contributed by atoms with Crippen molar-refractivity contribution >= 4 is 23.7 Å². The molecule has 1 aromatic carbocycles. The fraction of sp³-hybridized carbons (Fsp3) is 0.467. The van der Waals surface area contributed by atoms with E-state index in [0.29, 0.717) is 11.4 Å². The van der Waals surface area contributed by atoms with Gasteiger partial charge in [0.2, 0.25) is 5.91 Å². The van der Waals surface area contributed by atoms with Gasteiger partial charge in [0.1, 0.15) is 0 Å². The van der Waals surface area contributed by atoms with Gasteiger partial charge < -0.3 is 0 Å². The molecule has 1 aromatic rings. The van der Waals surface area contributed by atoms with Crippen LogP contribution in [0.15, 0.2) is 29.4 Å². The molecule has 102 valence electrons. The van der Waals surface area contributed by atoms with Gasteiger partial charge in [-0.2, -0.15) is 5.10 Å². The fourth-order valence-corrected chi connectivity index (χ4v) is 2.54. The van der Waals surface area contributed by atoms with E-state index in [0.717, 1.165) is 17.9 Å². The Labute approximate surface area is 119 Å². The number of hydrazone groups is 1. The SMILES string of the molecule is O=C(CCC1CCCC1)N/N=C/c1ccc(Cl)cc1. The van der Waals surface area contributed by atoms with Gasteiger partial charge in [0.15, 0.2) is 0 Å². The largest absolute Gasteiger partial charge is 0.273 e. The summed E-state index contributed by atoms with van der Waals surface area (Å²) in [5.74, 6) is 0.739. The van der Waals surface area contributed by atoms with E-state index in [1.807, 2.05) is 12.1 Å². The maximum atomic E-state index is 11.6. The Hall–Kier alpha value is -1.35. The van der Waals surface area contributed by atoms with E-state index in [9.17, 15) is 4.79 Å². The lowest BCUT2D eigenvalue weighted by Gasteiger charge is -2.06. The van der Waals surface area contributed by atoms with Crippen molar-refractivity contribution in [2.24, 2.45) is 11.0 Å². The first-order valence-corrected chi connectivity index (χ1v) is 7.19. The molecule has 19 heavy (non-hydrogen) atoms. The van der Waals surface area contributed by atoms with Crippen molar-refractivity contribution in [3.63, 3.8) is 0 Å². The van der Waals surface area contributed by atoms with Crippen LogP contribution in [0.3, 0.4) is 0 Å². The van der Waals surface area contributed by atoms with Crippen LogP contribution < -0.4 is 5.43 Å². The summed E-state index contributed by atoms with van der Waals surface area (Å²) in [5, 5.41) is 4.64. The summed E-state index contributed by atoms with van der Waals surface area (Å²) in [6.45, 7) is 0. The van der Waals surface area contributed by atoms with Crippen molar-refractivity contribution in [3.05, 3.63) is 34.9 Å². The van der Waals surface area contributed by atoms with Crippen LogP contribution in [0, 0.1) is 5.92 Å². The summed E-state index contributed by atoms with van der Waals surface area (Å²) < 4.78 is 0. The van der Waals surface area contributed by atoms with Crippen molar-refractivity contribution in [1.29, 1.82) is 0 Å². The smallest absolute Gasteiger partial charge is 0.240 e. The van der Waals surface area contributed by atoms with Crippen LogP contribution in [-0.4, -0.2) is 12.1 Å². The normalized spacial score (nSPS) is 16.1. The molecule has 0 atom stereocenters. The Morgan fingerprint density at radius 3 is 2.68 bits per heavy atom. The Balaban J connectivity index is 1.69. The third kappa shape index (κ3) is 5.03. The van der Waals surface area contributed by atoms with Gasteiger partial charge in [0.25, 0.3) is 0 Å². The van der Waals surface area contributed by atoms with Crippen LogP contribution in [0.2, 0.25) is 5.02 Å². The molecule has 0 radical (unpaired) electrons. The number of rotatable bonds is 5. The van der Waals surface area contributed by atoms with Gasteiger partial charge in [0, 0.05) is 11.4 Å². The van der Waals surface area contributed by atoms with E-state index < -0.39 is 0 Å². The molecule has 1 amide bonds. The second-order valence-corrected chi connectivity index (χ2v) is 5.47. The molecule has 0 bridgehead atoms. The first kappa shape index (κ1) is 14.1. The Morgan fingerprint density at radius 1 is 1.32 bits per heavy atom. The van der Waals surface area contributed by atoms with Gasteiger partial charge in [0.05, 0.1) is 6.21 Å². The lowest BCUT2D eigenvalue weighted by Crippen LogP contribution is -2.18. The molecule has 3 nitrogen and oxygen atoms in total. The third-order valence-electron chi connectivity index (χ3n) is 3.53. The van der Waals surface area contributed by atoms with Gasteiger partial charge in [-0.05, 0) is 30.0 Å². The minimum Gasteiger partial charge on any atom is -0.273 e. The second-order valence-electron chi connectivity index (χ2n) is 5.03. The lowest BCUT2D eigenvalue weighted by molar-refractivity contribution is -0.121. The van der Waals surface area contributed by atoms with Gasteiger partial charge in [-0.15, -0.1) is 0 Å². The molecule has 0 saturated heterocycles. The highest BCUT2D eigenvalue weighted by Gasteiger charge is 2.15. The molecule has 4 heteroatoms. The number of nitrogens with one attached hydrogen (secondary N) is 1. The number of benzene rings is 1. The zero-order chi connectivity index (χ0) is 13.5. The molecule has 1 saturated carbocycles. The summed E-state index contributed by atoms with van der Waals surface area (Å²) in [6, 6.07) is 7.31. The molecule has 0 aliphatic heterocycles. The molecule has 1 aliphatic carbocycles. The first-order chi connectivity index (χ1) is 9.24. The predicted octanol–water partition coefficient (Wildman–Crippen LogP) is 3.76. The van der Waals surface area contributed by atoms with E-state index in [1.165, 1.54) is 25.7 Å². The standard InChI is InChI=1S/C15H19ClN2O/c16-14-8-5-13(6-9-14)11-17-18-15(19)10-7-12-3-1-2-4-12/h5-6,8-9,11-12H,1-4,7,10H2,(H,18,19)/b17-11+. The topological polar surface area (TPSA) is 41.5 Å². The zero-order valence-corrected chi connectivity index (χ0v) is 11.7. The van der Waals surface area contributed by atoms with Gasteiger partial charge in [-0.3, -0.25) is 4.79 Å². The summed E-state index contributed by atoms with van der Waals surface area (Å²) in [5.41, 5.74) is 3.48. The quantitative estimate of drug-likeness (QED) is 0.647. The van der Waals surface area contributed by atoms with Crippen LogP contribution in [0.25, 0.3) is 0 Å². The zero-order valence-electron chi connectivity index (χ0n) is 10.9. The minimum absolute atomic E-state index is 0.00267. The van der Waals surface area contributed by atoms with E-state index in [-0.39, 0.29) is 5.91 Å². The summed E-state index contributed by atoms with van der Waals surface area (Å²) in [6.07, 6.45) is 8.39. The van der Waals surface area contributed by atoms with Crippen LogP contribution in [0.1, 0.15) is 44.1 Å². The number of nitrogens with zero attached hydrogens (tertiary/aromatic N) is 1. The molecule has 2 rings (SSSR count). The molecule has 1 aliphatic rings. The molecule has 0 heterocycles. The Kier molecular flexibility index (Phi) is 5.40. The monoisotopic (exact) mass is 278 g/mol. The minimum atomic E-state index is -0.00267. The number of hydrogen-bond acceptors (Lipinski definition) is 2. The highest BCUT2D eigenvalue weighted by molar-refractivity contribution is 6.30. The van der Waals surface area contributed by atoms with E-state index in [2.05, 4.69) is 10.5 Å². The summed E-state index contributed by atoms with van der Waals surface area (Å²) in [4.78, 5) is 11.6. The molecule has 1 N–H and O–H groups in total. The van der Waals surface area contributed by atoms with Gasteiger partial charge in [-0.25, -0.2) is 5.43 Å². The molecule has 0 aromatic heterocycles. The lowest BCUT2D eigenvalue weighted by atomic mass is 10.0. The third-order valence-corrected chi connectivity index (χ3v) is 3.78. The van der Waals surface area contributed by atoms with E-state index in [1.54, 1.807) is 18.3 Å². The van der Waals surface area contributed by atoms with Crippen LogP contribution in [0.4, 0.5) is 0 Å². The van der Waals surface area contributed by atoms with Crippen LogP contribution >= 0.6 is 11.6 Å².